The summed E-state index contributed by atoms with van der Waals surface area (Å²) in [5.74, 6) is 0. The molecule has 0 atom stereocenters. The van der Waals surface area contributed by atoms with Crippen LogP contribution < -0.4 is 15.4 Å². The highest BCUT2D eigenvalue weighted by Crippen LogP contribution is 2.29. The normalized spacial score (nSPS) is 11.0. The van der Waals surface area contributed by atoms with Crippen molar-refractivity contribution < 1.29 is 18.1 Å². The molecule has 2 amide bonds. The molecule has 162 valence electrons. The van der Waals surface area contributed by atoms with Crippen molar-refractivity contribution in [1.29, 1.82) is 0 Å². The Balaban J connectivity index is 2.32. The summed E-state index contributed by atoms with van der Waals surface area (Å²) in [7, 11) is -4.36. The predicted octanol–water partition coefficient (Wildman–Crippen LogP) is 4.13. The van der Waals surface area contributed by atoms with Crippen molar-refractivity contribution in [2.75, 3.05) is 11.9 Å². The second-order valence-electron chi connectivity index (χ2n) is 6.93. The van der Waals surface area contributed by atoms with Crippen LogP contribution in [0.4, 0.5) is 21.9 Å². The number of nitro benzene ring substituents is 1. The molecule has 9 nitrogen and oxygen atoms in total. The number of sulfonamides is 1. The van der Waals surface area contributed by atoms with Gasteiger partial charge in [0.15, 0.2) is 0 Å². The number of hydrogen-bond donors (Lipinski definition) is 3. The van der Waals surface area contributed by atoms with Crippen molar-refractivity contribution in [3.05, 3.63) is 57.6 Å². The molecular formula is C20H26N4O5S. The van der Waals surface area contributed by atoms with E-state index in [1.807, 2.05) is 37.6 Å². The van der Waals surface area contributed by atoms with Gasteiger partial charge in [0.2, 0.25) is 0 Å². The number of urea groups is 1. The van der Waals surface area contributed by atoms with E-state index in [1.165, 1.54) is 12.1 Å². The molecule has 0 spiro atoms. The molecule has 0 aliphatic rings. The van der Waals surface area contributed by atoms with Crippen LogP contribution in [0.1, 0.15) is 37.3 Å². The van der Waals surface area contributed by atoms with Crippen molar-refractivity contribution in [2.24, 2.45) is 0 Å². The van der Waals surface area contributed by atoms with Crippen LogP contribution in [0.2, 0.25) is 0 Å². The van der Waals surface area contributed by atoms with Crippen molar-refractivity contribution in [3.63, 3.8) is 0 Å². The van der Waals surface area contributed by atoms with Gasteiger partial charge >= 0.3 is 6.03 Å². The number of anilines is 2. The largest absolute Gasteiger partial charge is 0.354 e. The van der Waals surface area contributed by atoms with Gasteiger partial charge in [-0.05, 0) is 49.6 Å². The maximum atomic E-state index is 12.8. The monoisotopic (exact) mass is 434 g/mol. The predicted molar refractivity (Wildman–Crippen MR) is 116 cm³/mol. The third-order valence-corrected chi connectivity index (χ3v) is 5.92. The van der Waals surface area contributed by atoms with E-state index < -0.39 is 31.6 Å². The van der Waals surface area contributed by atoms with E-state index >= 15 is 0 Å². The number of aryl methyl sites for hydroxylation is 2. The fourth-order valence-electron chi connectivity index (χ4n) is 2.71. The molecule has 0 aliphatic heterocycles. The first-order chi connectivity index (χ1) is 14.1. The summed E-state index contributed by atoms with van der Waals surface area (Å²) in [6, 6.07) is 8.04. The number of carbonyl (C=O) groups excluding carboxylic acids is 1. The molecule has 0 aliphatic carbocycles. The summed E-state index contributed by atoms with van der Waals surface area (Å²) in [5.41, 5.74) is 2.40. The highest BCUT2D eigenvalue weighted by atomic mass is 32.2. The minimum absolute atomic E-state index is 0.120. The van der Waals surface area contributed by atoms with Crippen molar-refractivity contribution >= 4 is 33.1 Å². The average Bonchev–Trinajstić information content (AvgIpc) is 2.68. The lowest BCUT2D eigenvalue weighted by Gasteiger charge is -2.14. The van der Waals surface area contributed by atoms with E-state index in [1.54, 1.807) is 6.07 Å². The first-order valence-electron chi connectivity index (χ1n) is 9.57. The number of amides is 2. The highest BCUT2D eigenvalue weighted by Gasteiger charge is 2.24. The molecule has 0 saturated heterocycles. The first kappa shape index (κ1) is 23.1. The van der Waals surface area contributed by atoms with Gasteiger partial charge < -0.3 is 10.6 Å². The zero-order valence-corrected chi connectivity index (χ0v) is 18.0. The molecular weight excluding hydrogens is 408 g/mol. The molecule has 2 aromatic rings. The Kier molecular flexibility index (Phi) is 7.76. The molecule has 0 aromatic heterocycles. The fourth-order valence-corrected chi connectivity index (χ4v) is 3.83. The van der Waals surface area contributed by atoms with E-state index in [9.17, 15) is 23.3 Å². The summed E-state index contributed by atoms with van der Waals surface area (Å²) in [6.07, 6.45) is 2.59. The molecule has 30 heavy (non-hydrogen) atoms. The van der Waals surface area contributed by atoms with Gasteiger partial charge in [0, 0.05) is 24.4 Å². The van der Waals surface area contributed by atoms with Crippen LogP contribution >= 0.6 is 0 Å². The molecule has 0 saturated carbocycles. The Morgan fingerprint density at radius 2 is 1.80 bits per heavy atom. The van der Waals surface area contributed by atoms with Crippen LogP contribution in [0.5, 0.6) is 0 Å². The minimum Gasteiger partial charge on any atom is -0.354 e. The molecule has 2 rings (SSSR count). The Bertz CT molecular complexity index is 1040. The maximum Gasteiger partial charge on any atom is 0.328 e. The van der Waals surface area contributed by atoms with Crippen LogP contribution in [0.15, 0.2) is 41.3 Å². The third-order valence-electron chi connectivity index (χ3n) is 4.54. The number of nitrogens with zero attached hydrogens (tertiary/aromatic N) is 1. The number of nitrogens with one attached hydrogen (secondary N) is 3. The van der Waals surface area contributed by atoms with Gasteiger partial charge in [0.05, 0.1) is 10.6 Å². The first-order valence-corrected chi connectivity index (χ1v) is 11.1. The molecule has 3 N–H and O–H groups in total. The van der Waals surface area contributed by atoms with Gasteiger partial charge in [0.1, 0.15) is 4.90 Å². The zero-order valence-electron chi connectivity index (χ0n) is 17.2. The molecule has 0 heterocycles. The summed E-state index contributed by atoms with van der Waals surface area (Å²) in [5, 5.41) is 16.6. The number of benzene rings is 2. The van der Waals surface area contributed by atoms with Gasteiger partial charge in [-0.25, -0.2) is 17.9 Å². The molecule has 2 aromatic carbocycles. The van der Waals surface area contributed by atoms with Crippen LogP contribution in [-0.4, -0.2) is 25.9 Å². The van der Waals surface area contributed by atoms with Crippen molar-refractivity contribution in [1.82, 2.24) is 10.0 Å². The summed E-state index contributed by atoms with van der Waals surface area (Å²) in [6.45, 7) is 6.21. The topological polar surface area (TPSA) is 130 Å². The molecule has 0 fully saturated rings. The fraction of sp³-hybridized carbons (Fsp3) is 0.350. The summed E-state index contributed by atoms with van der Waals surface area (Å²) in [4.78, 5) is 22.1. The van der Waals surface area contributed by atoms with E-state index in [0.717, 1.165) is 36.5 Å². The molecule has 10 heteroatoms. The van der Waals surface area contributed by atoms with Crippen molar-refractivity contribution in [2.45, 2.75) is 44.9 Å². The Morgan fingerprint density at radius 1 is 1.07 bits per heavy atom. The van der Waals surface area contributed by atoms with E-state index in [4.69, 9.17) is 0 Å². The maximum absolute atomic E-state index is 12.8. The highest BCUT2D eigenvalue weighted by molar-refractivity contribution is 7.90. The number of nitro groups is 1. The molecule has 0 unspecified atom stereocenters. The van der Waals surface area contributed by atoms with E-state index in [0.29, 0.717) is 12.2 Å². The molecule has 0 bridgehead atoms. The van der Waals surface area contributed by atoms with Gasteiger partial charge in [-0.15, -0.1) is 0 Å². The number of non-ortho nitro benzene ring substituents is 1. The van der Waals surface area contributed by atoms with Crippen LogP contribution in [0.25, 0.3) is 0 Å². The van der Waals surface area contributed by atoms with Gasteiger partial charge in [-0.3, -0.25) is 10.1 Å². The standard InChI is InChI=1S/C20H26N4O5S/c1-4-5-6-11-21-20(25)23-30(28,29)19-13-17(24(26)27)9-10-18(19)22-16-8-7-14(2)15(3)12-16/h7-10,12-13,22H,4-6,11H2,1-3H3,(H2,21,23,25). The average molecular weight is 435 g/mol. The van der Waals surface area contributed by atoms with Gasteiger partial charge in [-0.2, -0.15) is 0 Å². The minimum atomic E-state index is -4.36. The lowest BCUT2D eigenvalue weighted by molar-refractivity contribution is -0.385. The Morgan fingerprint density at radius 3 is 2.43 bits per heavy atom. The summed E-state index contributed by atoms with van der Waals surface area (Å²) >= 11 is 0. The lowest BCUT2D eigenvalue weighted by atomic mass is 10.1. The van der Waals surface area contributed by atoms with Crippen molar-refractivity contribution in [3.8, 4) is 0 Å². The quantitative estimate of drug-likeness (QED) is 0.309. The van der Waals surface area contributed by atoms with E-state index in [2.05, 4.69) is 10.6 Å². The number of unbranched alkanes of at least 4 members (excludes halogenated alkanes) is 2. The van der Waals surface area contributed by atoms with Gasteiger partial charge in [0.25, 0.3) is 15.7 Å². The second-order valence-corrected chi connectivity index (χ2v) is 8.58. The number of carbonyl (C=O) groups is 1. The third kappa shape index (κ3) is 6.18. The van der Waals surface area contributed by atoms with Crippen LogP contribution in [0.3, 0.4) is 0 Å². The van der Waals surface area contributed by atoms with Crippen LogP contribution in [-0.2, 0) is 10.0 Å². The zero-order chi connectivity index (χ0) is 22.3. The Hall–Kier alpha value is -3.14. The smallest absolute Gasteiger partial charge is 0.328 e. The Labute approximate surface area is 176 Å². The number of hydrogen-bond acceptors (Lipinski definition) is 6. The van der Waals surface area contributed by atoms with Gasteiger partial charge in [-0.1, -0.05) is 25.8 Å². The number of rotatable bonds is 9. The summed E-state index contributed by atoms with van der Waals surface area (Å²) < 4.78 is 27.5. The van der Waals surface area contributed by atoms with E-state index in [-0.39, 0.29) is 5.69 Å². The molecule has 0 radical (unpaired) electrons. The second kappa shape index (κ2) is 10.1. The SMILES string of the molecule is CCCCCNC(=O)NS(=O)(=O)c1cc([N+](=O)[O-])ccc1Nc1ccc(C)c(C)c1. The van der Waals surface area contributed by atoms with Crippen LogP contribution in [0, 0.1) is 24.0 Å². The lowest BCUT2D eigenvalue weighted by Crippen LogP contribution is -2.40.